The number of hydrogen-bond acceptors (Lipinski definition) is 2. The van der Waals surface area contributed by atoms with Crippen LogP contribution in [0.3, 0.4) is 0 Å². The smallest absolute Gasteiger partial charge is 0.0828 e. The lowest BCUT2D eigenvalue weighted by molar-refractivity contribution is 0.516. The Hall–Kier alpha value is -1.19. The second-order valence-corrected chi connectivity index (χ2v) is 6.38. The summed E-state index contributed by atoms with van der Waals surface area (Å²) in [6, 6.07) is 6.10. The van der Waals surface area contributed by atoms with E-state index in [0.29, 0.717) is 16.1 Å². The molecule has 3 nitrogen and oxygen atoms in total. The highest BCUT2D eigenvalue weighted by atomic mass is 35.5. The van der Waals surface area contributed by atoms with Crippen LogP contribution in [0, 0.1) is 13.8 Å². The molecule has 0 aliphatic carbocycles. The van der Waals surface area contributed by atoms with Crippen LogP contribution in [-0.4, -0.2) is 9.78 Å². The largest absolute Gasteiger partial charge is 0.375 e. The summed E-state index contributed by atoms with van der Waals surface area (Å²) in [6.45, 7) is 10.4. The van der Waals surface area contributed by atoms with Gasteiger partial charge in [0, 0.05) is 6.04 Å². The third kappa shape index (κ3) is 3.19. The fraction of sp³-hybridized carbons (Fsp3) is 0.438. The Labute approximate surface area is 136 Å². The molecule has 0 fully saturated rings. The molecular formula is C16H21Cl2N3. The van der Waals surface area contributed by atoms with Crippen molar-refractivity contribution >= 4 is 28.9 Å². The van der Waals surface area contributed by atoms with Crippen LogP contribution in [0.25, 0.3) is 0 Å². The number of nitrogens with zero attached hydrogens (tertiary/aromatic N) is 2. The predicted molar refractivity (Wildman–Crippen MR) is 90.6 cm³/mol. The monoisotopic (exact) mass is 325 g/mol. The zero-order valence-corrected chi connectivity index (χ0v) is 14.5. The van der Waals surface area contributed by atoms with Crippen LogP contribution in [0.4, 0.5) is 5.69 Å². The average Bonchev–Trinajstić information content (AvgIpc) is 2.70. The van der Waals surface area contributed by atoms with E-state index in [1.54, 1.807) is 6.07 Å². The van der Waals surface area contributed by atoms with Crippen molar-refractivity contribution in [2.24, 2.45) is 0 Å². The van der Waals surface area contributed by atoms with Gasteiger partial charge in [-0.15, -0.1) is 0 Å². The lowest BCUT2D eigenvalue weighted by atomic mass is 10.1. The van der Waals surface area contributed by atoms with Gasteiger partial charge in [0.25, 0.3) is 0 Å². The second kappa shape index (κ2) is 6.29. The Morgan fingerprint density at radius 1 is 1.14 bits per heavy atom. The Morgan fingerprint density at radius 3 is 2.38 bits per heavy atom. The fourth-order valence-electron chi connectivity index (χ4n) is 2.52. The molecular weight excluding hydrogens is 305 g/mol. The molecule has 0 radical (unpaired) electrons. The van der Waals surface area contributed by atoms with Crippen LogP contribution in [-0.2, 0) is 0 Å². The zero-order valence-electron chi connectivity index (χ0n) is 13.0. The van der Waals surface area contributed by atoms with Crippen molar-refractivity contribution in [1.29, 1.82) is 0 Å². The van der Waals surface area contributed by atoms with Gasteiger partial charge in [-0.3, -0.25) is 4.68 Å². The van der Waals surface area contributed by atoms with Crippen molar-refractivity contribution in [2.75, 3.05) is 5.32 Å². The maximum atomic E-state index is 6.30. The van der Waals surface area contributed by atoms with Gasteiger partial charge < -0.3 is 5.32 Å². The number of nitrogens with one attached hydrogen (secondary N) is 1. The van der Waals surface area contributed by atoms with E-state index in [1.165, 1.54) is 0 Å². The van der Waals surface area contributed by atoms with E-state index in [2.05, 4.69) is 38.1 Å². The second-order valence-electron chi connectivity index (χ2n) is 5.59. The van der Waals surface area contributed by atoms with Crippen LogP contribution >= 0.6 is 23.2 Å². The van der Waals surface area contributed by atoms with E-state index < -0.39 is 0 Å². The maximum absolute atomic E-state index is 6.30. The Bertz CT molecular complexity index is 647. The first-order valence-corrected chi connectivity index (χ1v) is 7.84. The van der Waals surface area contributed by atoms with Gasteiger partial charge in [-0.25, -0.2) is 0 Å². The van der Waals surface area contributed by atoms with Crippen LogP contribution < -0.4 is 5.32 Å². The molecule has 2 rings (SSSR count). The molecule has 2 aromatic rings. The summed E-state index contributed by atoms with van der Waals surface area (Å²) in [7, 11) is 0. The molecule has 21 heavy (non-hydrogen) atoms. The summed E-state index contributed by atoms with van der Waals surface area (Å²) in [5.74, 6) is 0. The standard InChI is InChI=1S/C16H21Cl2N3/c1-9(2)21-12(5)16(11(4)20-21)19-10(3)13-7-6-8-14(17)15(13)18/h6-10,19H,1-5H3. The Morgan fingerprint density at radius 2 is 1.81 bits per heavy atom. The van der Waals surface area contributed by atoms with Gasteiger partial charge in [0.1, 0.15) is 0 Å². The molecule has 0 spiro atoms. The molecule has 1 heterocycles. The summed E-state index contributed by atoms with van der Waals surface area (Å²) < 4.78 is 2.03. The first-order valence-electron chi connectivity index (χ1n) is 7.09. The predicted octanol–water partition coefficient (Wildman–Crippen LogP) is 5.56. The maximum Gasteiger partial charge on any atom is 0.0828 e. The van der Waals surface area contributed by atoms with Crippen molar-refractivity contribution in [3.05, 3.63) is 45.2 Å². The van der Waals surface area contributed by atoms with E-state index in [0.717, 1.165) is 22.6 Å². The molecule has 1 aromatic carbocycles. The SMILES string of the molecule is Cc1nn(C(C)C)c(C)c1NC(C)c1cccc(Cl)c1Cl. The van der Waals surface area contributed by atoms with Gasteiger partial charge in [-0.05, 0) is 46.2 Å². The summed E-state index contributed by atoms with van der Waals surface area (Å²) in [5, 5.41) is 9.28. The van der Waals surface area contributed by atoms with Gasteiger partial charge in [-0.1, -0.05) is 35.3 Å². The van der Waals surface area contributed by atoms with Crippen molar-refractivity contribution in [3.63, 3.8) is 0 Å². The lowest BCUT2D eigenvalue weighted by Crippen LogP contribution is -2.09. The quantitative estimate of drug-likeness (QED) is 0.797. The summed E-state index contributed by atoms with van der Waals surface area (Å²) in [4.78, 5) is 0. The summed E-state index contributed by atoms with van der Waals surface area (Å²) in [6.07, 6.45) is 0. The van der Waals surface area contributed by atoms with Gasteiger partial charge in [0.2, 0.25) is 0 Å². The van der Waals surface area contributed by atoms with Crippen LogP contribution in [0.2, 0.25) is 10.0 Å². The Kier molecular flexibility index (Phi) is 4.84. The minimum Gasteiger partial charge on any atom is -0.375 e. The van der Waals surface area contributed by atoms with Gasteiger partial charge in [0.05, 0.1) is 33.2 Å². The van der Waals surface area contributed by atoms with Crippen molar-refractivity contribution in [2.45, 2.75) is 46.7 Å². The minimum absolute atomic E-state index is 0.0541. The zero-order chi connectivity index (χ0) is 15.7. The van der Waals surface area contributed by atoms with E-state index in [9.17, 15) is 0 Å². The molecule has 1 unspecified atom stereocenters. The number of halogens is 2. The van der Waals surface area contributed by atoms with E-state index in [1.807, 2.05) is 23.7 Å². The molecule has 0 saturated carbocycles. The van der Waals surface area contributed by atoms with Gasteiger partial charge >= 0.3 is 0 Å². The number of rotatable bonds is 4. The number of aryl methyl sites for hydroxylation is 1. The normalized spacial score (nSPS) is 12.8. The van der Waals surface area contributed by atoms with Crippen LogP contribution in [0.5, 0.6) is 0 Å². The molecule has 1 atom stereocenters. The molecule has 0 bridgehead atoms. The number of aromatic nitrogens is 2. The molecule has 1 N–H and O–H groups in total. The molecule has 0 aliphatic heterocycles. The van der Waals surface area contributed by atoms with Crippen molar-refractivity contribution in [1.82, 2.24) is 9.78 Å². The molecule has 0 amide bonds. The minimum atomic E-state index is 0.0541. The third-order valence-corrected chi connectivity index (χ3v) is 4.46. The van der Waals surface area contributed by atoms with Crippen molar-refractivity contribution in [3.8, 4) is 0 Å². The topological polar surface area (TPSA) is 29.9 Å². The number of benzene rings is 1. The Balaban J connectivity index is 2.32. The highest BCUT2D eigenvalue weighted by Crippen LogP contribution is 2.33. The first kappa shape index (κ1) is 16.2. The highest BCUT2D eigenvalue weighted by molar-refractivity contribution is 6.42. The molecule has 5 heteroatoms. The highest BCUT2D eigenvalue weighted by Gasteiger charge is 2.17. The average molecular weight is 326 g/mol. The third-order valence-electron chi connectivity index (χ3n) is 3.62. The summed E-state index contributed by atoms with van der Waals surface area (Å²) >= 11 is 12.4. The van der Waals surface area contributed by atoms with Crippen LogP contribution in [0.1, 0.15) is 49.8 Å². The lowest BCUT2D eigenvalue weighted by Gasteiger charge is -2.18. The molecule has 0 aliphatic rings. The molecule has 1 aromatic heterocycles. The van der Waals surface area contributed by atoms with E-state index >= 15 is 0 Å². The van der Waals surface area contributed by atoms with Crippen LogP contribution in [0.15, 0.2) is 18.2 Å². The molecule has 0 saturated heterocycles. The fourth-order valence-corrected chi connectivity index (χ4v) is 3.00. The van der Waals surface area contributed by atoms with Gasteiger partial charge in [-0.2, -0.15) is 5.10 Å². The van der Waals surface area contributed by atoms with Crippen molar-refractivity contribution < 1.29 is 0 Å². The van der Waals surface area contributed by atoms with E-state index in [4.69, 9.17) is 23.2 Å². The first-order chi connectivity index (χ1) is 9.82. The number of anilines is 1. The number of hydrogen-bond donors (Lipinski definition) is 1. The van der Waals surface area contributed by atoms with E-state index in [-0.39, 0.29) is 6.04 Å². The summed E-state index contributed by atoms with van der Waals surface area (Å²) in [5.41, 5.74) is 4.17. The van der Waals surface area contributed by atoms with Gasteiger partial charge in [0.15, 0.2) is 0 Å². The molecule has 114 valence electrons.